The molecular formula is C8H5F6NO3. The molecule has 0 bridgehead atoms. The Morgan fingerprint density at radius 1 is 1.17 bits per heavy atom. The predicted molar refractivity (Wildman–Crippen MR) is 45.3 cm³/mol. The molecule has 0 saturated heterocycles. The maximum atomic E-state index is 12.3. The van der Waals surface area contributed by atoms with E-state index in [1.807, 2.05) is 0 Å². The minimum atomic E-state index is -5.22. The van der Waals surface area contributed by atoms with Crippen LogP contribution in [0.15, 0.2) is 10.9 Å². The van der Waals surface area contributed by atoms with Gasteiger partial charge in [0, 0.05) is 6.07 Å². The molecule has 0 saturated carbocycles. The summed E-state index contributed by atoms with van der Waals surface area (Å²) in [5, 5.41) is 0. The first-order valence-electron chi connectivity index (χ1n) is 4.19. The van der Waals surface area contributed by atoms with Crippen LogP contribution in [0.3, 0.4) is 0 Å². The van der Waals surface area contributed by atoms with E-state index in [0.29, 0.717) is 0 Å². The Morgan fingerprint density at radius 2 is 1.72 bits per heavy atom. The molecule has 0 atom stereocenters. The fourth-order valence-corrected chi connectivity index (χ4v) is 1.04. The first-order valence-corrected chi connectivity index (χ1v) is 4.19. The van der Waals surface area contributed by atoms with Gasteiger partial charge in [-0.2, -0.15) is 13.2 Å². The van der Waals surface area contributed by atoms with Crippen LogP contribution in [0.1, 0.15) is 5.69 Å². The zero-order valence-corrected chi connectivity index (χ0v) is 8.57. The first kappa shape index (κ1) is 14.2. The van der Waals surface area contributed by atoms with E-state index in [9.17, 15) is 31.1 Å². The number of pyridine rings is 1. The minimum Gasteiger partial charge on any atom is -0.493 e. The number of aromatic amines is 1. The quantitative estimate of drug-likeness (QED) is 0.844. The number of methoxy groups -OCH3 is 1. The average Bonchev–Trinajstić information content (AvgIpc) is 2.17. The normalized spacial score (nSPS) is 12.4. The standard InChI is InChI=1S/C8H5F6NO3/c1-17-3-2-4(7(9,10)11)15-6(16)5(3)18-8(12,13)14/h2H,1H3,(H,15,16). The SMILES string of the molecule is COc1cc(C(F)(F)F)[nH]c(=O)c1OC(F)(F)F. The van der Waals surface area contributed by atoms with Crippen molar-refractivity contribution in [1.82, 2.24) is 4.98 Å². The zero-order valence-electron chi connectivity index (χ0n) is 8.57. The highest BCUT2D eigenvalue weighted by Crippen LogP contribution is 2.34. The summed E-state index contributed by atoms with van der Waals surface area (Å²) in [6.07, 6.45) is -10.1. The Kier molecular flexibility index (Phi) is 3.49. The van der Waals surface area contributed by atoms with Crippen molar-refractivity contribution in [3.63, 3.8) is 0 Å². The Balaban J connectivity index is 3.34. The number of ether oxygens (including phenoxy) is 2. The van der Waals surface area contributed by atoms with E-state index in [1.54, 1.807) is 0 Å². The summed E-state index contributed by atoms with van der Waals surface area (Å²) in [6, 6.07) is 0.197. The number of rotatable bonds is 2. The Labute approximate surface area is 95.1 Å². The molecule has 4 nitrogen and oxygen atoms in total. The van der Waals surface area contributed by atoms with Crippen LogP contribution in [0.25, 0.3) is 0 Å². The van der Waals surface area contributed by atoms with Crippen LogP contribution in [0.5, 0.6) is 11.5 Å². The van der Waals surface area contributed by atoms with Gasteiger partial charge in [-0.3, -0.25) is 4.79 Å². The summed E-state index contributed by atoms with van der Waals surface area (Å²) in [7, 11) is 0.804. The number of hydrogen-bond donors (Lipinski definition) is 1. The second-order valence-corrected chi connectivity index (χ2v) is 2.96. The lowest BCUT2D eigenvalue weighted by atomic mass is 10.3. The number of aromatic nitrogens is 1. The second kappa shape index (κ2) is 4.42. The number of halogens is 6. The van der Waals surface area contributed by atoms with Gasteiger partial charge in [-0.15, -0.1) is 13.2 Å². The summed E-state index contributed by atoms with van der Waals surface area (Å²) in [5.41, 5.74) is -3.24. The van der Waals surface area contributed by atoms with E-state index >= 15 is 0 Å². The highest BCUT2D eigenvalue weighted by atomic mass is 19.4. The molecule has 0 amide bonds. The molecule has 0 radical (unpaired) electrons. The van der Waals surface area contributed by atoms with Crippen molar-refractivity contribution in [1.29, 1.82) is 0 Å². The highest BCUT2D eigenvalue weighted by molar-refractivity contribution is 5.39. The largest absolute Gasteiger partial charge is 0.573 e. The van der Waals surface area contributed by atoms with Crippen LogP contribution in [-0.4, -0.2) is 18.5 Å². The van der Waals surface area contributed by atoms with Crippen molar-refractivity contribution < 1.29 is 35.8 Å². The van der Waals surface area contributed by atoms with Gasteiger partial charge < -0.3 is 14.5 Å². The Bertz CT molecular complexity index is 489. The molecule has 1 aromatic heterocycles. The molecule has 0 aliphatic heterocycles. The molecule has 102 valence electrons. The Hall–Kier alpha value is -1.87. The van der Waals surface area contributed by atoms with Crippen LogP contribution in [0, 0.1) is 0 Å². The molecule has 0 spiro atoms. The van der Waals surface area contributed by atoms with E-state index in [0.717, 1.165) is 7.11 Å². The molecular weight excluding hydrogens is 272 g/mol. The fourth-order valence-electron chi connectivity index (χ4n) is 1.04. The third-order valence-corrected chi connectivity index (χ3v) is 1.70. The fraction of sp³-hybridized carbons (Fsp3) is 0.375. The average molecular weight is 277 g/mol. The lowest BCUT2D eigenvalue weighted by molar-refractivity contribution is -0.275. The van der Waals surface area contributed by atoms with E-state index in [1.165, 1.54) is 4.98 Å². The summed E-state index contributed by atoms with van der Waals surface area (Å²) in [5.74, 6) is -2.36. The molecule has 0 unspecified atom stereocenters. The summed E-state index contributed by atoms with van der Waals surface area (Å²) < 4.78 is 80.1. The smallest absolute Gasteiger partial charge is 0.493 e. The van der Waals surface area contributed by atoms with Crippen molar-refractivity contribution in [3.05, 3.63) is 22.1 Å². The molecule has 0 aliphatic carbocycles. The molecule has 18 heavy (non-hydrogen) atoms. The van der Waals surface area contributed by atoms with Crippen LogP contribution in [0.2, 0.25) is 0 Å². The molecule has 1 heterocycles. The van der Waals surface area contributed by atoms with Crippen LogP contribution in [0.4, 0.5) is 26.3 Å². The Morgan fingerprint density at radius 3 is 2.11 bits per heavy atom. The van der Waals surface area contributed by atoms with Crippen molar-refractivity contribution in [2.45, 2.75) is 12.5 Å². The van der Waals surface area contributed by atoms with E-state index < -0.39 is 35.3 Å². The van der Waals surface area contributed by atoms with Crippen LogP contribution >= 0.6 is 0 Å². The number of hydrogen-bond acceptors (Lipinski definition) is 3. The number of alkyl halides is 6. The van der Waals surface area contributed by atoms with Gasteiger partial charge in [0.15, 0.2) is 5.75 Å². The summed E-state index contributed by atoms with van der Waals surface area (Å²) in [6.45, 7) is 0. The van der Waals surface area contributed by atoms with E-state index in [4.69, 9.17) is 0 Å². The lowest BCUT2D eigenvalue weighted by Crippen LogP contribution is -2.25. The van der Waals surface area contributed by atoms with Crippen molar-refractivity contribution in [2.24, 2.45) is 0 Å². The molecule has 1 N–H and O–H groups in total. The maximum absolute atomic E-state index is 12.3. The number of H-pyrrole nitrogens is 1. The lowest BCUT2D eigenvalue weighted by Gasteiger charge is -2.13. The molecule has 1 aromatic rings. The topological polar surface area (TPSA) is 51.3 Å². The van der Waals surface area contributed by atoms with E-state index in [-0.39, 0.29) is 6.07 Å². The van der Waals surface area contributed by atoms with Crippen LogP contribution in [-0.2, 0) is 6.18 Å². The second-order valence-electron chi connectivity index (χ2n) is 2.96. The van der Waals surface area contributed by atoms with Gasteiger partial charge in [-0.25, -0.2) is 0 Å². The van der Waals surface area contributed by atoms with Gasteiger partial charge in [0.2, 0.25) is 5.75 Å². The van der Waals surface area contributed by atoms with Gasteiger partial charge in [0.1, 0.15) is 5.69 Å². The maximum Gasteiger partial charge on any atom is 0.573 e. The van der Waals surface area contributed by atoms with Crippen molar-refractivity contribution >= 4 is 0 Å². The highest BCUT2D eigenvalue weighted by Gasteiger charge is 2.37. The zero-order chi connectivity index (χ0) is 14.1. The first-order chi connectivity index (χ1) is 8.04. The van der Waals surface area contributed by atoms with E-state index in [2.05, 4.69) is 9.47 Å². The van der Waals surface area contributed by atoms with Gasteiger partial charge in [-0.1, -0.05) is 0 Å². The van der Waals surface area contributed by atoms with Gasteiger partial charge in [0.25, 0.3) is 5.56 Å². The van der Waals surface area contributed by atoms with Crippen molar-refractivity contribution in [2.75, 3.05) is 7.11 Å². The predicted octanol–water partition coefficient (Wildman–Crippen LogP) is 2.30. The van der Waals surface area contributed by atoms with Gasteiger partial charge in [-0.05, 0) is 0 Å². The molecule has 0 aliphatic rings. The minimum absolute atomic E-state index is 0.197. The summed E-state index contributed by atoms with van der Waals surface area (Å²) in [4.78, 5) is 12.3. The molecule has 0 fully saturated rings. The van der Waals surface area contributed by atoms with Crippen molar-refractivity contribution in [3.8, 4) is 11.5 Å². The van der Waals surface area contributed by atoms with Gasteiger partial charge >= 0.3 is 12.5 Å². The van der Waals surface area contributed by atoms with Crippen LogP contribution < -0.4 is 15.0 Å². The molecule has 1 rings (SSSR count). The number of nitrogens with one attached hydrogen (secondary N) is 1. The third-order valence-electron chi connectivity index (χ3n) is 1.70. The molecule has 0 aromatic carbocycles. The van der Waals surface area contributed by atoms with Gasteiger partial charge in [0.05, 0.1) is 7.11 Å². The molecule has 10 heteroatoms. The summed E-state index contributed by atoms with van der Waals surface area (Å²) >= 11 is 0. The monoisotopic (exact) mass is 277 g/mol. The third kappa shape index (κ3) is 3.31.